The van der Waals surface area contributed by atoms with E-state index in [-0.39, 0.29) is 11.9 Å². The maximum absolute atomic E-state index is 12.7. The van der Waals surface area contributed by atoms with Gasteiger partial charge in [-0.15, -0.1) is 0 Å². The molecule has 4 rings (SSSR count). The molecule has 1 aliphatic heterocycles. The molecule has 2 aromatic carbocycles. The van der Waals surface area contributed by atoms with Crippen molar-refractivity contribution in [3.05, 3.63) is 76.6 Å². The Labute approximate surface area is 165 Å². The lowest BCUT2D eigenvalue weighted by Crippen LogP contribution is -2.26. The number of aromatic nitrogens is 2. The zero-order valence-corrected chi connectivity index (χ0v) is 16.7. The summed E-state index contributed by atoms with van der Waals surface area (Å²) in [7, 11) is 0. The Balaban J connectivity index is 1.57. The van der Waals surface area contributed by atoms with E-state index in [0.717, 1.165) is 28.9 Å². The van der Waals surface area contributed by atoms with E-state index in [2.05, 4.69) is 64.4 Å². The van der Waals surface area contributed by atoms with Crippen molar-refractivity contribution >= 4 is 23.2 Å². The molecule has 1 aromatic heterocycles. The Morgan fingerprint density at radius 1 is 1.07 bits per heavy atom. The Kier molecular flexibility index (Phi) is 4.59. The quantitative estimate of drug-likeness (QED) is 0.722. The number of nitrogens with zero attached hydrogens (tertiary/aromatic N) is 3. The Bertz CT molecular complexity index is 1020. The van der Waals surface area contributed by atoms with Gasteiger partial charge in [-0.1, -0.05) is 35.9 Å². The van der Waals surface area contributed by atoms with Crippen LogP contribution in [0.5, 0.6) is 0 Å². The molecule has 1 aliphatic rings. The van der Waals surface area contributed by atoms with Gasteiger partial charge >= 0.3 is 0 Å². The van der Waals surface area contributed by atoms with E-state index < -0.39 is 0 Å². The highest BCUT2D eigenvalue weighted by Gasteiger charge is 2.28. The van der Waals surface area contributed by atoms with Gasteiger partial charge < -0.3 is 10.2 Å². The van der Waals surface area contributed by atoms with Crippen LogP contribution in [-0.2, 0) is 6.42 Å². The minimum Gasteiger partial charge on any atom is -0.321 e. The number of amides is 1. The van der Waals surface area contributed by atoms with Crippen molar-refractivity contribution < 1.29 is 4.79 Å². The normalized spacial score (nSPS) is 15.4. The summed E-state index contributed by atoms with van der Waals surface area (Å²) in [6.45, 7) is 8.21. The average Bonchev–Trinajstić information content (AvgIpc) is 3.00. The summed E-state index contributed by atoms with van der Waals surface area (Å²) in [4.78, 5) is 23.8. The number of benzene rings is 2. The first-order valence-electron chi connectivity index (χ1n) is 9.52. The van der Waals surface area contributed by atoms with Gasteiger partial charge in [0.15, 0.2) is 0 Å². The number of hydrogen-bond acceptors (Lipinski definition) is 4. The highest BCUT2D eigenvalue weighted by molar-refractivity contribution is 6.04. The number of hydrogen-bond donors (Lipinski definition) is 1. The van der Waals surface area contributed by atoms with E-state index in [9.17, 15) is 4.79 Å². The molecule has 5 heteroatoms. The van der Waals surface area contributed by atoms with Crippen LogP contribution in [0.3, 0.4) is 0 Å². The second kappa shape index (κ2) is 7.08. The third-order valence-corrected chi connectivity index (χ3v) is 5.24. The largest absolute Gasteiger partial charge is 0.321 e. The molecule has 142 valence electrons. The molecule has 0 fully saturated rings. The molecule has 28 heavy (non-hydrogen) atoms. The lowest BCUT2D eigenvalue weighted by atomic mass is 10.0. The molecule has 0 aliphatic carbocycles. The van der Waals surface area contributed by atoms with Crippen LogP contribution in [0.25, 0.3) is 0 Å². The van der Waals surface area contributed by atoms with Crippen molar-refractivity contribution in [1.29, 1.82) is 0 Å². The van der Waals surface area contributed by atoms with Gasteiger partial charge in [0.05, 0.1) is 5.56 Å². The molecule has 1 N–H and O–H groups in total. The van der Waals surface area contributed by atoms with E-state index in [1.165, 1.54) is 11.1 Å². The number of carbonyl (C=O) groups excluding carboxylic acids is 1. The number of nitrogens with one attached hydrogen (secondary N) is 1. The molecule has 0 saturated heterocycles. The highest BCUT2D eigenvalue weighted by Crippen LogP contribution is 2.36. The van der Waals surface area contributed by atoms with Gasteiger partial charge in [-0.2, -0.15) is 0 Å². The zero-order chi connectivity index (χ0) is 19.8. The summed E-state index contributed by atoms with van der Waals surface area (Å²) < 4.78 is 0. The molecule has 2 heterocycles. The van der Waals surface area contributed by atoms with Gasteiger partial charge in [-0.05, 0) is 56.9 Å². The van der Waals surface area contributed by atoms with Crippen molar-refractivity contribution in [2.24, 2.45) is 0 Å². The molecule has 1 atom stereocenters. The van der Waals surface area contributed by atoms with Crippen LogP contribution in [-0.4, -0.2) is 21.9 Å². The number of aryl methyl sites for hydroxylation is 3. The lowest BCUT2D eigenvalue weighted by molar-refractivity contribution is 0.102. The molecule has 1 unspecified atom stereocenters. The second-order valence-electron chi connectivity index (χ2n) is 7.55. The smallest absolute Gasteiger partial charge is 0.258 e. The predicted octanol–water partition coefficient (Wildman–Crippen LogP) is 4.74. The van der Waals surface area contributed by atoms with Crippen molar-refractivity contribution in [3.8, 4) is 0 Å². The summed E-state index contributed by atoms with van der Waals surface area (Å²) in [5, 5.41) is 3.00. The van der Waals surface area contributed by atoms with Gasteiger partial charge in [-0.3, -0.25) is 4.79 Å². The molecular formula is C23H24N4O. The van der Waals surface area contributed by atoms with Crippen LogP contribution in [0.1, 0.15) is 39.5 Å². The number of rotatable bonds is 3. The predicted molar refractivity (Wildman–Crippen MR) is 112 cm³/mol. The Morgan fingerprint density at radius 2 is 1.71 bits per heavy atom. The lowest BCUT2D eigenvalue weighted by Gasteiger charge is -2.22. The van der Waals surface area contributed by atoms with Crippen LogP contribution < -0.4 is 10.2 Å². The van der Waals surface area contributed by atoms with Crippen molar-refractivity contribution in [2.75, 3.05) is 10.2 Å². The standard InChI is InChI=1S/C23H24N4O/c1-14-9-15(2)21(16(3)10-14)26-22(28)19-12-24-23(25-13-19)27-17(4)11-18-7-5-6-8-20(18)27/h5-10,12-13,17H,11H2,1-4H3,(H,26,28). The maximum atomic E-state index is 12.7. The van der Waals surface area contributed by atoms with Gasteiger partial charge in [0.25, 0.3) is 5.91 Å². The van der Waals surface area contributed by atoms with Crippen LogP contribution in [0.15, 0.2) is 48.8 Å². The van der Waals surface area contributed by atoms with E-state index in [1.54, 1.807) is 12.4 Å². The maximum Gasteiger partial charge on any atom is 0.258 e. The third-order valence-electron chi connectivity index (χ3n) is 5.24. The molecule has 0 radical (unpaired) electrons. The average molecular weight is 372 g/mol. The van der Waals surface area contributed by atoms with Crippen molar-refractivity contribution in [1.82, 2.24) is 9.97 Å². The monoisotopic (exact) mass is 372 g/mol. The summed E-state index contributed by atoms with van der Waals surface area (Å²) in [6, 6.07) is 12.7. The van der Waals surface area contributed by atoms with Gasteiger partial charge in [0.1, 0.15) is 0 Å². The number of carbonyl (C=O) groups is 1. The van der Waals surface area contributed by atoms with Crippen LogP contribution >= 0.6 is 0 Å². The van der Waals surface area contributed by atoms with E-state index >= 15 is 0 Å². The van der Waals surface area contributed by atoms with E-state index in [0.29, 0.717) is 11.5 Å². The number of para-hydroxylation sites is 1. The first-order valence-corrected chi connectivity index (χ1v) is 9.52. The van der Waals surface area contributed by atoms with Crippen LogP contribution in [0, 0.1) is 20.8 Å². The second-order valence-corrected chi connectivity index (χ2v) is 7.55. The molecule has 0 spiro atoms. The third kappa shape index (κ3) is 3.24. The van der Waals surface area contributed by atoms with Gasteiger partial charge in [-0.25, -0.2) is 9.97 Å². The molecule has 1 amide bonds. The summed E-state index contributed by atoms with van der Waals surface area (Å²) in [5.74, 6) is 0.424. The molecule has 0 saturated carbocycles. The van der Waals surface area contributed by atoms with Gasteiger partial charge in [0, 0.05) is 29.8 Å². The first kappa shape index (κ1) is 18.2. The SMILES string of the molecule is Cc1cc(C)c(NC(=O)c2cnc(N3c4ccccc4CC3C)nc2)c(C)c1. The minimum atomic E-state index is -0.198. The summed E-state index contributed by atoms with van der Waals surface area (Å²) in [6.07, 6.45) is 4.17. The molecule has 3 aromatic rings. The minimum absolute atomic E-state index is 0.198. The fourth-order valence-corrected chi connectivity index (χ4v) is 4.00. The molecule has 0 bridgehead atoms. The topological polar surface area (TPSA) is 58.1 Å². The van der Waals surface area contributed by atoms with Crippen molar-refractivity contribution in [3.63, 3.8) is 0 Å². The van der Waals surface area contributed by atoms with Gasteiger partial charge in [0.2, 0.25) is 5.95 Å². The van der Waals surface area contributed by atoms with Crippen molar-refractivity contribution in [2.45, 2.75) is 40.2 Å². The fraction of sp³-hybridized carbons (Fsp3) is 0.261. The van der Waals surface area contributed by atoms with E-state index in [1.807, 2.05) is 19.9 Å². The Morgan fingerprint density at radius 3 is 2.39 bits per heavy atom. The Hall–Kier alpha value is -3.21. The molecule has 5 nitrogen and oxygen atoms in total. The number of anilines is 3. The highest BCUT2D eigenvalue weighted by atomic mass is 16.1. The zero-order valence-electron chi connectivity index (χ0n) is 16.7. The summed E-state index contributed by atoms with van der Waals surface area (Å²) >= 11 is 0. The van der Waals surface area contributed by atoms with E-state index in [4.69, 9.17) is 0 Å². The van der Waals surface area contributed by atoms with Crippen LogP contribution in [0.2, 0.25) is 0 Å². The molecular weight excluding hydrogens is 348 g/mol. The van der Waals surface area contributed by atoms with Crippen LogP contribution in [0.4, 0.5) is 17.3 Å². The fourth-order valence-electron chi connectivity index (χ4n) is 4.00. The summed E-state index contributed by atoms with van der Waals surface area (Å²) in [5.41, 5.74) is 7.01. The number of fused-ring (bicyclic) bond motifs is 1. The first-order chi connectivity index (χ1) is 13.4.